The summed E-state index contributed by atoms with van der Waals surface area (Å²) in [4.78, 5) is 49.3. The predicted molar refractivity (Wildman–Crippen MR) is 99.3 cm³/mol. The lowest BCUT2D eigenvalue weighted by atomic mass is 9.60. The monoisotopic (exact) mass is 424 g/mol. The number of ether oxygens (including phenoxy) is 2. The van der Waals surface area contributed by atoms with Crippen molar-refractivity contribution in [3.05, 3.63) is 30.3 Å². The molecule has 0 spiro atoms. The number of aliphatic hydroxyl groups excluding tert-OH is 1. The fraction of sp³-hybridized carbons (Fsp3) is 0.500. The lowest BCUT2D eigenvalue weighted by molar-refractivity contribution is -0.358. The molecular weight excluding hydrogens is 400 g/mol. The van der Waals surface area contributed by atoms with Crippen molar-refractivity contribution in [1.82, 2.24) is 0 Å². The first-order valence-corrected chi connectivity index (χ1v) is 9.02. The van der Waals surface area contributed by atoms with E-state index in [9.17, 15) is 39.6 Å². The molecule has 1 saturated heterocycles. The molecule has 30 heavy (non-hydrogen) atoms. The molecule has 1 aliphatic heterocycles. The maximum atomic E-state index is 12.5. The molecule has 0 aliphatic carbocycles. The Kier molecular flexibility index (Phi) is 6.32. The molecule has 0 radical (unpaired) electrons. The van der Waals surface area contributed by atoms with Crippen LogP contribution in [0.3, 0.4) is 0 Å². The van der Waals surface area contributed by atoms with Gasteiger partial charge in [0.05, 0.1) is 0 Å². The van der Waals surface area contributed by atoms with Crippen molar-refractivity contribution >= 4 is 23.1 Å². The van der Waals surface area contributed by atoms with E-state index in [4.69, 9.17) is 9.47 Å². The van der Waals surface area contributed by atoms with Crippen molar-refractivity contribution in [2.45, 2.75) is 63.0 Å². The Hall–Kier alpha value is -2.50. The van der Waals surface area contributed by atoms with Gasteiger partial charge in [-0.3, -0.25) is 19.2 Å². The normalized spacial score (nSPS) is 34.7. The van der Waals surface area contributed by atoms with E-state index in [1.165, 1.54) is 24.3 Å². The second kappa shape index (κ2) is 7.97. The first-order valence-electron chi connectivity index (χ1n) is 9.02. The molecule has 2 rings (SSSR count). The van der Waals surface area contributed by atoms with Crippen LogP contribution in [-0.4, -0.2) is 78.9 Å². The Morgan fingerprint density at radius 1 is 0.900 bits per heavy atom. The summed E-state index contributed by atoms with van der Waals surface area (Å²) in [7, 11) is 0. The maximum Gasteiger partial charge on any atom is 0.240 e. The Morgan fingerprint density at radius 2 is 1.40 bits per heavy atom. The van der Waals surface area contributed by atoms with Crippen LogP contribution in [0.2, 0.25) is 0 Å². The zero-order chi connectivity index (χ0) is 23.1. The summed E-state index contributed by atoms with van der Waals surface area (Å²) in [5.74, 6) is -4.93. The van der Waals surface area contributed by atoms with E-state index < -0.39 is 58.4 Å². The highest BCUT2D eigenvalue weighted by molar-refractivity contribution is 6.05. The topological polar surface area (TPSA) is 168 Å². The van der Waals surface area contributed by atoms with Gasteiger partial charge in [0.15, 0.2) is 28.7 Å². The second-order valence-electron chi connectivity index (χ2n) is 7.29. The molecule has 1 aromatic rings. The van der Waals surface area contributed by atoms with Crippen LogP contribution < -0.4 is 4.74 Å². The number of para-hydroxylation sites is 1. The number of Topliss-reactive ketones (excluding diaryl/α,β-unsaturated/α-hetero) is 4. The summed E-state index contributed by atoms with van der Waals surface area (Å²) < 4.78 is 10.8. The Balaban J connectivity index is 2.82. The molecule has 10 heteroatoms. The van der Waals surface area contributed by atoms with Crippen molar-refractivity contribution in [3.63, 3.8) is 0 Å². The summed E-state index contributed by atoms with van der Waals surface area (Å²) in [6.45, 7) is 3.18. The molecule has 10 nitrogen and oxygen atoms in total. The smallest absolute Gasteiger partial charge is 0.240 e. The van der Waals surface area contributed by atoms with Crippen LogP contribution in [0.1, 0.15) is 27.7 Å². The van der Waals surface area contributed by atoms with Gasteiger partial charge in [0.1, 0.15) is 18.0 Å². The van der Waals surface area contributed by atoms with Gasteiger partial charge in [-0.2, -0.15) is 0 Å². The molecule has 0 aromatic heterocycles. The van der Waals surface area contributed by atoms with E-state index in [0.717, 1.165) is 27.7 Å². The number of aliphatic hydroxyl groups is 4. The lowest BCUT2D eigenvalue weighted by Crippen LogP contribution is -2.87. The van der Waals surface area contributed by atoms with Crippen LogP contribution in [0.15, 0.2) is 30.3 Å². The fourth-order valence-corrected chi connectivity index (χ4v) is 3.66. The molecule has 0 amide bonds. The fourth-order valence-electron chi connectivity index (χ4n) is 3.66. The summed E-state index contributed by atoms with van der Waals surface area (Å²) in [5.41, 5.74) is -10.2. The number of hydrogen-bond acceptors (Lipinski definition) is 10. The van der Waals surface area contributed by atoms with Crippen molar-refractivity contribution in [3.8, 4) is 5.75 Å². The molecule has 1 aromatic carbocycles. The molecule has 164 valence electrons. The standard InChI is InChI=1S/C20H24O10/c1-10(21)15(25)16-18(26,11(2)22)20(28,13(4)24)19(27,12(3)23)17(30-16)29-14-8-6-5-7-9-14/h5-9,15-17,25-28H,1-4H3/t15?,16-,17-,18+,19+,20+/m1/s1. The molecule has 1 fully saturated rings. The quantitative estimate of drug-likeness (QED) is 0.413. The number of rotatable bonds is 7. The van der Waals surface area contributed by atoms with E-state index in [2.05, 4.69) is 0 Å². The molecule has 6 atom stereocenters. The van der Waals surface area contributed by atoms with Gasteiger partial charge in [0, 0.05) is 0 Å². The zero-order valence-corrected chi connectivity index (χ0v) is 16.9. The molecule has 1 unspecified atom stereocenters. The largest absolute Gasteiger partial charge is 0.461 e. The third kappa shape index (κ3) is 3.17. The minimum Gasteiger partial charge on any atom is -0.461 e. The van der Waals surface area contributed by atoms with Gasteiger partial charge in [0.2, 0.25) is 17.5 Å². The molecule has 1 heterocycles. The molecular formula is C20H24O10. The van der Waals surface area contributed by atoms with Crippen molar-refractivity contribution in [2.24, 2.45) is 0 Å². The SMILES string of the molecule is CC(=O)C(O)[C@H]1O[C@@H](Oc2ccccc2)[C@@](O)(C(C)=O)[C@](O)(C(C)=O)[C@]1(O)C(C)=O. The number of benzene rings is 1. The van der Waals surface area contributed by atoms with Crippen molar-refractivity contribution in [2.75, 3.05) is 0 Å². The summed E-state index contributed by atoms with van der Waals surface area (Å²) in [6.07, 6.45) is -6.62. The van der Waals surface area contributed by atoms with Crippen LogP contribution >= 0.6 is 0 Å². The minimum absolute atomic E-state index is 0.0254. The zero-order valence-electron chi connectivity index (χ0n) is 16.9. The van der Waals surface area contributed by atoms with Gasteiger partial charge in [-0.15, -0.1) is 0 Å². The van der Waals surface area contributed by atoms with Gasteiger partial charge in [-0.25, -0.2) is 0 Å². The van der Waals surface area contributed by atoms with Crippen LogP contribution in [0.25, 0.3) is 0 Å². The summed E-state index contributed by atoms with van der Waals surface area (Å²) in [5, 5.41) is 44.0. The average molecular weight is 424 g/mol. The Bertz CT molecular complexity index is 868. The van der Waals surface area contributed by atoms with Crippen LogP contribution in [0.4, 0.5) is 0 Å². The van der Waals surface area contributed by atoms with Gasteiger partial charge >= 0.3 is 0 Å². The lowest BCUT2D eigenvalue weighted by Gasteiger charge is -2.57. The average Bonchev–Trinajstić information content (AvgIpc) is 2.67. The molecule has 4 N–H and O–H groups in total. The highest BCUT2D eigenvalue weighted by atomic mass is 16.7. The number of hydrogen-bond donors (Lipinski definition) is 4. The Labute approximate surface area is 172 Å². The first kappa shape index (κ1) is 23.8. The Morgan fingerprint density at radius 3 is 1.80 bits per heavy atom. The van der Waals surface area contributed by atoms with Gasteiger partial charge in [-0.05, 0) is 39.8 Å². The number of ketones is 4. The maximum absolute atomic E-state index is 12.5. The molecule has 1 aliphatic rings. The number of carbonyl (C=O) groups excluding carboxylic acids is 4. The highest BCUT2D eigenvalue weighted by Gasteiger charge is 2.80. The molecule has 0 bridgehead atoms. The highest BCUT2D eigenvalue weighted by Crippen LogP contribution is 2.47. The van der Waals surface area contributed by atoms with E-state index >= 15 is 0 Å². The third-order valence-corrected chi connectivity index (χ3v) is 5.40. The van der Waals surface area contributed by atoms with E-state index in [1.54, 1.807) is 6.07 Å². The minimum atomic E-state index is -3.52. The van der Waals surface area contributed by atoms with Crippen LogP contribution in [0, 0.1) is 0 Å². The van der Waals surface area contributed by atoms with E-state index in [0.29, 0.717) is 0 Å². The van der Waals surface area contributed by atoms with Gasteiger partial charge in [0.25, 0.3) is 0 Å². The van der Waals surface area contributed by atoms with Gasteiger partial charge < -0.3 is 29.9 Å². The summed E-state index contributed by atoms with van der Waals surface area (Å²) >= 11 is 0. The van der Waals surface area contributed by atoms with Gasteiger partial charge in [-0.1, -0.05) is 18.2 Å². The molecule has 0 saturated carbocycles. The van der Waals surface area contributed by atoms with Crippen LogP contribution in [0.5, 0.6) is 5.75 Å². The van der Waals surface area contributed by atoms with Crippen molar-refractivity contribution in [1.29, 1.82) is 0 Å². The van der Waals surface area contributed by atoms with Crippen LogP contribution in [-0.2, 0) is 23.9 Å². The second-order valence-corrected chi connectivity index (χ2v) is 7.29. The van der Waals surface area contributed by atoms with E-state index in [1.807, 2.05) is 0 Å². The third-order valence-electron chi connectivity index (χ3n) is 5.40. The first-order chi connectivity index (χ1) is 13.8. The van der Waals surface area contributed by atoms with Crippen molar-refractivity contribution < 1.29 is 49.1 Å². The summed E-state index contributed by atoms with van der Waals surface area (Å²) in [6, 6.07) is 7.51. The number of carbonyl (C=O) groups is 4. The predicted octanol–water partition coefficient (Wildman–Crippen LogP) is -1.30. The van der Waals surface area contributed by atoms with E-state index in [-0.39, 0.29) is 5.75 Å².